The molecule has 0 saturated heterocycles. The molecule has 0 saturated carbocycles. The second kappa shape index (κ2) is 1.73. The minimum Gasteiger partial charge on any atom is -0.294 e. The number of carbonyl (C=O) groups excluding carboxylic acids is 1. The molecule has 2 unspecified atom stereocenters. The van der Waals surface area contributed by atoms with Gasteiger partial charge in [0.1, 0.15) is 0 Å². The van der Waals surface area contributed by atoms with Crippen molar-refractivity contribution in [2.24, 2.45) is 11.8 Å². The number of hydrogen-bond acceptors (Lipinski definition) is 1. The van der Waals surface area contributed by atoms with E-state index in [1.807, 2.05) is 13.0 Å². The molecule has 0 heterocycles. The van der Waals surface area contributed by atoms with Crippen LogP contribution in [0, 0.1) is 11.8 Å². The Bertz CT molecular complexity index is 258. The highest BCUT2D eigenvalue weighted by Crippen LogP contribution is 2.47. The summed E-state index contributed by atoms with van der Waals surface area (Å²) in [7, 11) is 0. The molecule has 2 aliphatic rings. The molecule has 0 amide bonds. The maximum absolute atomic E-state index is 11.0. The Hall–Kier alpha value is -0.560. The summed E-state index contributed by atoms with van der Waals surface area (Å²) in [6.45, 7) is 1.92. The van der Waals surface area contributed by atoms with Gasteiger partial charge in [0.25, 0.3) is 0 Å². The first kappa shape index (κ1) is 6.17. The Labute approximate surface area is 64.4 Å². The second-order valence-corrected chi connectivity index (χ2v) is 3.20. The van der Waals surface area contributed by atoms with Crippen molar-refractivity contribution >= 4 is 17.4 Å². The molecule has 1 nitrogen and oxygen atoms in total. The lowest BCUT2D eigenvalue weighted by Gasteiger charge is -2.30. The lowest BCUT2D eigenvalue weighted by Crippen LogP contribution is -2.27. The van der Waals surface area contributed by atoms with Crippen LogP contribution in [-0.2, 0) is 4.79 Å². The molecule has 0 bridgehead atoms. The molecular formula is C8H7ClO. The van der Waals surface area contributed by atoms with Crippen LogP contribution in [0.5, 0.6) is 0 Å². The van der Waals surface area contributed by atoms with E-state index in [1.165, 1.54) is 0 Å². The van der Waals surface area contributed by atoms with Crippen molar-refractivity contribution in [1.29, 1.82) is 0 Å². The highest BCUT2D eigenvalue weighted by Gasteiger charge is 2.42. The lowest BCUT2D eigenvalue weighted by atomic mass is 9.77. The standard InChI is InChI=1S/C8H7ClO/c1-4-7-5(8(4)9)2-3-6(7)10/h2-3,5,7H,1H3. The molecule has 10 heavy (non-hydrogen) atoms. The topological polar surface area (TPSA) is 17.1 Å². The van der Waals surface area contributed by atoms with Crippen molar-refractivity contribution in [3.05, 3.63) is 22.8 Å². The molecule has 0 aliphatic heterocycles. The summed E-state index contributed by atoms with van der Waals surface area (Å²) in [5.74, 6) is 0.550. The summed E-state index contributed by atoms with van der Waals surface area (Å²) in [5, 5.41) is 0.868. The van der Waals surface area contributed by atoms with Gasteiger partial charge < -0.3 is 0 Å². The summed E-state index contributed by atoms with van der Waals surface area (Å²) in [6.07, 6.45) is 3.52. The van der Waals surface area contributed by atoms with E-state index < -0.39 is 0 Å². The van der Waals surface area contributed by atoms with Crippen LogP contribution < -0.4 is 0 Å². The first-order valence-corrected chi connectivity index (χ1v) is 3.68. The highest BCUT2D eigenvalue weighted by molar-refractivity contribution is 6.32. The molecule has 2 rings (SSSR count). The van der Waals surface area contributed by atoms with Gasteiger partial charge in [0.05, 0.1) is 5.92 Å². The summed E-state index contributed by atoms with van der Waals surface area (Å²) in [6, 6.07) is 0. The zero-order valence-corrected chi connectivity index (χ0v) is 6.35. The maximum atomic E-state index is 11.0. The van der Waals surface area contributed by atoms with Crippen molar-refractivity contribution < 1.29 is 4.79 Å². The fourth-order valence-electron chi connectivity index (χ4n) is 1.62. The Balaban J connectivity index is 2.40. The van der Waals surface area contributed by atoms with E-state index in [0.29, 0.717) is 0 Å². The summed E-state index contributed by atoms with van der Waals surface area (Å²) < 4.78 is 0. The van der Waals surface area contributed by atoms with E-state index >= 15 is 0 Å². The average molecular weight is 155 g/mol. The molecule has 0 N–H and O–H groups in total. The second-order valence-electron chi connectivity index (χ2n) is 2.80. The van der Waals surface area contributed by atoms with E-state index in [1.54, 1.807) is 6.08 Å². The Morgan fingerprint density at radius 1 is 1.60 bits per heavy atom. The number of halogens is 1. The smallest absolute Gasteiger partial charge is 0.163 e. The van der Waals surface area contributed by atoms with Crippen molar-refractivity contribution in [3.8, 4) is 0 Å². The van der Waals surface area contributed by atoms with Gasteiger partial charge >= 0.3 is 0 Å². The maximum Gasteiger partial charge on any atom is 0.163 e. The minimum atomic E-state index is 0.104. The number of fused-ring (bicyclic) bond motifs is 1. The van der Waals surface area contributed by atoms with Crippen LogP contribution in [0.15, 0.2) is 22.8 Å². The summed E-state index contributed by atoms with van der Waals surface area (Å²) in [4.78, 5) is 11.0. The summed E-state index contributed by atoms with van der Waals surface area (Å²) >= 11 is 5.84. The van der Waals surface area contributed by atoms with E-state index in [4.69, 9.17) is 11.6 Å². The lowest BCUT2D eigenvalue weighted by molar-refractivity contribution is -0.117. The molecule has 0 aromatic rings. The molecule has 2 heteroatoms. The van der Waals surface area contributed by atoms with Crippen LogP contribution >= 0.6 is 11.6 Å². The van der Waals surface area contributed by atoms with Crippen LogP contribution in [0.1, 0.15) is 6.92 Å². The van der Waals surface area contributed by atoms with Crippen molar-refractivity contribution in [2.75, 3.05) is 0 Å². The Morgan fingerprint density at radius 2 is 2.30 bits per heavy atom. The SMILES string of the molecule is CC1=C(Cl)C2C=CC(=O)C12. The predicted octanol–water partition coefficient (Wildman–Crippen LogP) is 1.88. The Kier molecular flexibility index (Phi) is 1.07. The summed E-state index contributed by atoms with van der Waals surface area (Å²) in [5.41, 5.74) is 1.06. The first-order valence-electron chi connectivity index (χ1n) is 3.30. The fraction of sp³-hybridized carbons (Fsp3) is 0.375. The number of hydrogen-bond donors (Lipinski definition) is 0. The van der Waals surface area contributed by atoms with E-state index in [9.17, 15) is 4.79 Å². The van der Waals surface area contributed by atoms with Crippen molar-refractivity contribution in [2.45, 2.75) is 6.92 Å². The molecule has 0 aromatic carbocycles. The first-order chi connectivity index (χ1) is 4.72. The van der Waals surface area contributed by atoms with Crippen molar-refractivity contribution in [1.82, 2.24) is 0 Å². The van der Waals surface area contributed by atoms with Gasteiger partial charge in [0.2, 0.25) is 0 Å². The molecule has 52 valence electrons. The van der Waals surface area contributed by atoms with E-state index in [-0.39, 0.29) is 17.6 Å². The largest absolute Gasteiger partial charge is 0.294 e. The molecular weight excluding hydrogens is 148 g/mol. The van der Waals surface area contributed by atoms with Gasteiger partial charge in [-0.3, -0.25) is 4.79 Å². The molecule has 0 fully saturated rings. The zero-order valence-electron chi connectivity index (χ0n) is 5.60. The fourth-order valence-corrected chi connectivity index (χ4v) is 1.94. The molecule has 0 aromatic heterocycles. The van der Waals surface area contributed by atoms with Gasteiger partial charge in [-0.25, -0.2) is 0 Å². The number of allylic oxidation sites excluding steroid dienone is 4. The van der Waals surface area contributed by atoms with Gasteiger partial charge in [-0.05, 0) is 18.6 Å². The third kappa shape index (κ3) is 0.517. The number of rotatable bonds is 0. The van der Waals surface area contributed by atoms with Gasteiger partial charge in [-0.2, -0.15) is 0 Å². The van der Waals surface area contributed by atoms with Crippen molar-refractivity contribution in [3.63, 3.8) is 0 Å². The van der Waals surface area contributed by atoms with Crippen LogP contribution in [0.25, 0.3) is 0 Å². The van der Waals surface area contributed by atoms with Crippen LogP contribution in [0.2, 0.25) is 0 Å². The van der Waals surface area contributed by atoms with E-state index in [0.717, 1.165) is 10.6 Å². The zero-order chi connectivity index (χ0) is 7.30. The Morgan fingerprint density at radius 3 is 2.90 bits per heavy atom. The van der Waals surface area contributed by atoms with E-state index in [2.05, 4.69) is 0 Å². The minimum absolute atomic E-state index is 0.104. The van der Waals surface area contributed by atoms with Gasteiger partial charge in [0.15, 0.2) is 5.78 Å². The highest BCUT2D eigenvalue weighted by atomic mass is 35.5. The third-order valence-corrected chi connectivity index (χ3v) is 2.82. The third-order valence-electron chi connectivity index (χ3n) is 2.27. The van der Waals surface area contributed by atoms with Gasteiger partial charge in [-0.1, -0.05) is 17.7 Å². The molecule has 2 aliphatic carbocycles. The van der Waals surface area contributed by atoms with Gasteiger partial charge in [0, 0.05) is 11.0 Å². The predicted molar refractivity (Wildman–Crippen MR) is 39.7 cm³/mol. The average Bonchev–Trinajstić information content (AvgIpc) is 2.27. The monoisotopic (exact) mass is 154 g/mol. The molecule has 2 atom stereocenters. The molecule has 0 radical (unpaired) electrons. The normalized spacial score (nSPS) is 36.4. The van der Waals surface area contributed by atoms with Crippen LogP contribution in [0.4, 0.5) is 0 Å². The van der Waals surface area contributed by atoms with Gasteiger partial charge in [-0.15, -0.1) is 0 Å². The number of ketones is 1. The van der Waals surface area contributed by atoms with Crippen LogP contribution in [0.3, 0.4) is 0 Å². The quantitative estimate of drug-likeness (QED) is 0.521. The molecule has 0 spiro atoms. The van der Waals surface area contributed by atoms with Crippen LogP contribution in [-0.4, -0.2) is 5.78 Å². The number of carbonyl (C=O) groups is 1.